The lowest BCUT2D eigenvalue weighted by molar-refractivity contribution is 0.292. The van der Waals surface area contributed by atoms with Crippen LogP contribution in [0.3, 0.4) is 0 Å². The van der Waals surface area contributed by atoms with Gasteiger partial charge in [0.05, 0.1) is 18.5 Å². The number of hydrogen-bond acceptors (Lipinski definition) is 4. The molecule has 3 aromatic heterocycles. The van der Waals surface area contributed by atoms with Crippen molar-refractivity contribution in [2.75, 3.05) is 20.2 Å². The monoisotopic (exact) mass is 388 g/mol. The highest BCUT2D eigenvalue weighted by Crippen LogP contribution is 2.30. The summed E-state index contributed by atoms with van der Waals surface area (Å²) in [5.41, 5.74) is 7.45. The molecular formula is C24H28N4O. The van der Waals surface area contributed by atoms with E-state index in [1.54, 1.807) is 7.11 Å². The van der Waals surface area contributed by atoms with Crippen molar-refractivity contribution in [1.82, 2.24) is 19.3 Å². The van der Waals surface area contributed by atoms with Crippen LogP contribution in [0.4, 0.5) is 0 Å². The Kier molecular flexibility index (Phi) is 5.24. The number of imidazole rings is 1. The first-order valence-electron chi connectivity index (χ1n) is 10.2. The second-order valence-electron chi connectivity index (χ2n) is 7.44. The molecule has 4 aromatic rings. The van der Waals surface area contributed by atoms with E-state index in [4.69, 9.17) is 14.7 Å². The average Bonchev–Trinajstić information content (AvgIpc) is 3.10. The van der Waals surface area contributed by atoms with Crippen molar-refractivity contribution in [1.29, 1.82) is 0 Å². The van der Waals surface area contributed by atoms with Crippen LogP contribution >= 0.6 is 0 Å². The van der Waals surface area contributed by atoms with Gasteiger partial charge in [-0.25, -0.2) is 9.97 Å². The molecular weight excluding hydrogens is 360 g/mol. The second-order valence-corrected chi connectivity index (χ2v) is 7.44. The summed E-state index contributed by atoms with van der Waals surface area (Å²) in [6, 6.07) is 14.5. The van der Waals surface area contributed by atoms with E-state index in [9.17, 15) is 0 Å². The maximum Gasteiger partial charge on any atom is 0.146 e. The third-order valence-electron chi connectivity index (χ3n) is 5.61. The number of rotatable bonds is 6. The summed E-state index contributed by atoms with van der Waals surface area (Å²) in [5.74, 6) is 0.848. The number of aryl methyl sites for hydroxylation is 2. The molecule has 3 heterocycles. The highest BCUT2D eigenvalue weighted by molar-refractivity contribution is 5.84. The van der Waals surface area contributed by atoms with Crippen LogP contribution in [0, 0.1) is 13.8 Å². The number of fused-ring (bicyclic) bond motifs is 3. The van der Waals surface area contributed by atoms with Gasteiger partial charge in [0.2, 0.25) is 0 Å². The van der Waals surface area contributed by atoms with E-state index in [1.807, 2.05) is 12.1 Å². The van der Waals surface area contributed by atoms with Crippen molar-refractivity contribution in [3.8, 4) is 17.0 Å². The zero-order valence-corrected chi connectivity index (χ0v) is 17.9. The van der Waals surface area contributed by atoms with Crippen molar-refractivity contribution in [2.24, 2.45) is 0 Å². The molecule has 1 aromatic carbocycles. The van der Waals surface area contributed by atoms with Gasteiger partial charge in [0.25, 0.3) is 0 Å². The zero-order valence-electron chi connectivity index (χ0n) is 17.9. The Morgan fingerprint density at radius 3 is 2.34 bits per heavy atom. The van der Waals surface area contributed by atoms with Gasteiger partial charge in [-0.3, -0.25) is 9.30 Å². The third-order valence-corrected chi connectivity index (χ3v) is 5.61. The highest BCUT2D eigenvalue weighted by atomic mass is 16.5. The van der Waals surface area contributed by atoms with Crippen molar-refractivity contribution < 1.29 is 4.74 Å². The van der Waals surface area contributed by atoms with Crippen LogP contribution in [0.25, 0.3) is 27.9 Å². The molecule has 0 aliphatic heterocycles. The quantitative estimate of drug-likeness (QED) is 0.465. The summed E-state index contributed by atoms with van der Waals surface area (Å²) in [4.78, 5) is 12.3. The molecule has 0 atom stereocenters. The minimum Gasteiger partial charge on any atom is -0.497 e. The van der Waals surface area contributed by atoms with Crippen LogP contribution in [-0.2, 0) is 6.54 Å². The Labute approximate surface area is 172 Å². The zero-order chi connectivity index (χ0) is 20.5. The number of aromatic nitrogens is 3. The summed E-state index contributed by atoms with van der Waals surface area (Å²) in [6.07, 6.45) is 0. The average molecular weight is 389 g/mol. The van der Waals surface area contributed by atoms with Gasteiger partial charge in [0.1, 0.15) is 17.0 Å². The van der Waals surface area contributed by atoms with Gasteiger partial charge >= 0.3 is 0 Å². The summed E-state index contributed by atoms with van der Waals surface area (Å²) in [7, 11) is 1.69. The molecule has 0 radical (unpaired) electrons. The first-order valence-corrected chi connectivity index (χ1v) is 10.2. The van der Waals surface area contributed by atoms with Crippen LogP contribution < -0.4 is 4.74 Å². The molecule has 5 nitrogen and oxygen atoms in total. The normalized spacial score (nSPS) is 11.7. The van der Waals surface area contributed by atoms with E-state index >= 15 is 0 Å². The summed E-state index contributed by atoms with van der Waals surface area (Å²) in [5, 5.41) is 1.17. The number of methoxy groups -OCH3 is 1. The molecule has 0 aliphatic rings. The lowest BCUT2D eigenvalue weighted by atomic mass is 10.1. The fourth-order valence-electron chi connectivity index (χ4n) is 3.97. The number of ether oxygens (including phenoxy) is 1. The van der Waals surface area contributed by atoms with E-state index in [0.717, 1.165) is 53.6 Å². The predicted molar refractivity (Wildman–Crippen MR) is 119 cm³/mol. The van der Waals surface area contributed by atoms with Gasteiger partial charge in [-0.15, -0.1) is 0 Å². The van der Waals surface area contributed by atoms with Crippen LogP contribution in [0.1, 0.15) is 30.8 Å². The van der Waals surface area contributed by atoms with Gasteiger partial charge in [-0.1, -0.05) is 13.8 Å². The van der Waals surface area contributed by atoms with Crippen molar-refractivity contribution >= 4 is 16.7 Å². The minimum absolute atomic E-state index is 0.823. The Morgan fingerprint density at radius 1 is 0.966 bits per heavy atom. The molecule has 0 fully saturated rings. The van der Waals surface area contributed by atoms with E-state index < -0.39 is 0 Å². The molecule has 0 bridgehead atoms. The fraction of sp³-hybridized carbons (Fsp3) is 0.333. The second kappa shape index (κ2) is 7.84. The molecule has 29 heavy (non-hydrogen) atoms. The van der Waals surface area contributed by atoms with Gasteiger partial charge < -0.3 is 4.74 Å². The first kappa shape index (κ1) is 19.4. The third kappa shape index (κ3) is 3.47. The smallest absolute Gasteiger partial charge is 0.146 e. The fourth-order valence-corrected chi connectivity index (χ4v) is 3.97. The number of nitrogens with zero attached hydrogens (tertiary/aromatic N) is 4. The first-order chi connectivity index (χ1) is 14.0. The Balaban J connectivity index is 2.02. The predicted octanol–water partition coefficient (Wildman–Crippen LogP) is 5.02. The van der Waals surface area contributed by atoms with Crippen LogP contribution in [0.2, 0.25) is 0 Å². The van der Waals surface area contributed by atoms with Crippen LogP contribution in [0.15, 0.2) is 42.5 Å². The SMILES string of the molecule is CCN(CC)Cc1c(-c2ccc(OC)cc2)nc2ccc3c(C)cc(C)nc3n12. The van der Waals surface area contributed by atoms with Crippen LogP contribution in [0.5, 0.6) is 5.75 Å². The molecule has 0 saturated carbocycles. The molecule has 0 N–H and O–H groups in total. The standard InChI is InChI=1S/C24H28N4O/c1-6-27(7-2)15-21-23(18-8-10-19(29-5)11-9-18)26-22-13-12-20-16(3)14-17(4)25-24(20)28(21)22/h8-14H,6-7,15H2,1-5H3. The molecule has 5 heteroatoms. The molecule has 0 amide bonds. The number of hydrogen-bond donors (Lipinski definition) is 0. The van der Waals surface area contributed by atoms with Crippen LogP contribution in [-0.4, -0.2) is 39.5 Å². The maximum absolute atomic E-state index is 5.33. The highest BCUT2D eigenvalue weighted by Gasteiger charge is 2.19. The summed E-state index contributed by atoms with van der Waals surface area (Å²) >= 11 is 0. The van der Waals surface area contributed by atoms with Gasteiger partial charge in [-0.05, 0) is 75.0 Å². The van der Waals surface area contributed by atoms with E-state index in [1.165, 1.54) is 16.6 Å². The maximum atomic E-state index is 5.33. The summed E-state index contributed by atoms with van der Waals surface area (Å²) in [6.45, 7) is 11.4. The molecule has 0 aliphatic carbocycles. The topological polar surface area (TPSA) is 42.7 Å². The number of benzene rings is 1. The van der Waals surface area contributed by atoms with Crippen molar-refractivity contribution in [2.45, 2.75) is 34.2 Å². The van der Waals surface area contributed by atoms with E-state index in [2.05, 4.69) is 67.3 Å². The lowest BCUT2D eigenvalue weighted by Gasteiger charge is -2.19. The van der Waals surface area contributed by atoms with E-state index in [-0.39, 0.29) is 0 Å². The minimum atomic E-state index is 0.823. The molecule has 150 valence electrons. The van der Waals surface area contributed by atoms with Gasteiger partial charge in [0, 0.05) is 23.2 Å². The molecule has 0 saturated heterocycles. The Morgan fingerprint density at radius 2 is 1.69 bits per heavy atom. The molecule has 0 unspecified atom stereocenters. The Bertz CT molecular complexity index is 1160. The van der Waals surface area contributed by atoms with E-state index in [0.29, 0.717) is 0 Å². The summed E-state index contributed by atoms with van der Waals surface area (Å²) < 4.78 is 7.58. The molecule has 0 spiro atoms. The van der Waals surface area contributed by atoms with Crippen molar-refractivity contribution in [3.63, 3.8) is 0 Å². The lowest BCUT2D eigenvalue weighted by Crippen LogP contribution is -2.23. The molecule has 4 rings (SSSR count). The number of pyridine rings is 2. The Hall–Kier alpha value is -2.92. The largest absolute Gasteiger partial charge is 0.497 e. The van der Waals surface area contributed by atoms with Gasteiger partial charge in [-0.2, -0.15) is 0 Å². The van der Waals surface area contributed by atoms with Gasteiger partial charge in [0.15, 0.2) is 0 Å². The van der Waals surface area contributed by atoms with Crippen molar-refractivity contribution in [3.05, 3.63) is 59.4 Å².